The molecule has 0 aliphatic heterocycles. The lowest BCUT2D eigenvalue weighted by Gasteiger charge is -2.11. The highest BCUT2D eigenvalue weighted by Gasteiger charge is 2.18. The number of hydrogen-bond acceptors (Lipinski definition) is 4. The Bertz CT molecular complexity index is 427. The molecule has 2 N–H and O–H groups in total. The molecular formula is C10H11ClF2N2O2. The highest BCUT2D eigenvalue weighted by atomic mass is 35.5. The van der Waals surface area contributed by atoms with Gasteiger partial charge in [0.05, 0.1) is 36.5 Å². The number of carbonyl (C=O) groups excluding carboxylic acids is 1. The van der Waals surface area contributed by atoms with Crippen molar-refractivity contribution in [1.29, 1.82) is 0 Å². The second kappa shape index (κ2) is 5.77. The van der Waals surface area contributed by atoms with Crippen LogP contribution in [0, 0.1) is 0 Å². The number of halogens is 3. The van der Waals surface area contributed by atoms with Gasteiger partial charge in [-0.1, -0.05) is 0 Å². The summed E-state index contributed by atoms with van der Waals surface area (Å²) in [6.07, 6.45) is -3.00. The van der Waals surface area contributed by atoms with Crippen LogP contribution in [0.4, 0.5) is 14.5 Å². The smallest absolute Gasteiger partial charge is 0.311 e. The van der Waals surface area contributed by atoms with Crippen molar-refractivity contribution in [3.63, 3.8) is 0 Å². The van der Waals surface area contributed by atoms with E-state index < -0.39 is 12.4 Å². The van der Waals surface area contributed by atoms with Crippen LogP contribution in [-0.2, 0) is 21.8 Å². The third-order valence-electron chi connectivity index (χ3n) is 2.13. The SMILES string of the molecule is COC(=O)Cc1nc(CCl)cc(C(F)F)c1N. The normalized spacial score (nSPS) is 10.6. The number of nitrogen functional groups attached to an aromatic ring is 1. The molecule has 7 heteroatoms. The van der Waals surface area contributed by atoms with Gasteiger partial charge < -0.3 is 10.5 Å². The van der Waals surface area contributed by atoms with Crippen molar-refractivity contribution in [2.24, 2.45) is 0 Å². The van der Waals surface area contributed by atoms with Crippen LogP contribution in [0.3, 0.4) is 0 Å². The molecule has 0 fully saturated rings. The molecule has 0 unspecified atom stereocenters. The van der Waals surface area contributed by atoms with Crippen molar-refractivity contribution in [1.82, 2.24) is 4.98 Å². The summed E-state index contributed by atoms with van der Waals surface area (Å²) in [4.78, 5) is 15.0. The molecule has 0 aromatic carbocycles. The van der Waals surface area contributed by atoms with Gasteiger partial charge in [-0.05, 0) is 6.07 Å². The van der Waals surface area contributed by atoms with E-state index in [1.165, 1.54) is 7.11 Å². The Morgan fingerprint density at radius 2 is 2.29 bits per heavy atom. The van der Waals surface area contributed by atoms with Gasteiger partial charge in [-0.3, -0.25) is 9.78 Å². The van der Waals surface area contributed by atoms with E-state index in [4.69, 9.17) is 17.3 Å². The molecule has 4 nitrogen and oxygen atoms in total. The van der Waals surface area contributed by atoms with E-state index in [-0.39, 0.29) is 34.9 Å². The van der Waals surface area contributed by atoms with Crippen molar-refractivity contribution in [2.75, 3.05) is 12.8 Å². The first-order valence-corrected chi connectivity index (χ1v) is 5.22. The predicted octanol–water partition coefficient (Wildman–Crippen LogP) is 2.06. The molecule has 0 aliphatic rings. The molecule has 0 atom stereocenters. The van der Waals surface area contributed by atoms with Crippen LogP contribution in [0.15, 0.2) is 6.07 Å². The van der Waals surface area contributed by atoms with E-state index in [9.17, 15) is 13.6 Å². The lowest BCUT2D eigenvalue weighted by atomic mass is 10.1. The zero-order valence-corrected chi connectivity index (χ0v) is 9.80. The minimum absolute atomic E-state index is 0.0336. The molecule has 1 rings (SSSR count). The quantitative estimate of drug-likeness (QED) is 0.668. The van der Waals surface area contributed by atoms with Crippen molar-refractivity contribution < 1.29 is 18.3 Å². The number of esters is 1. The summed E-state index contributed by atoms with van der Waals surface area (Å²) in [7, 11) is 1.19. The summed E-state index contributed by atoms with van der Waals surface area (Å²) in [5, 5.41) is 0. The first-order chi connectivity index (χ1) is 7.99. The van der Waals surface area contributed by atoms with E-state index in [0.717, 1.165) is 6.07 Å². The number of methoxy groups -OCH3 is 1. The van der Waals surface area contributed by atoms with Crippen LogP contribution in [-0.4, -0.2) is 18.1 Å². The average molecular weight is 265 g/mol. The third-order valence-corrected chi connectivity index (χ3v) is 2.41. The molecule has 0 radical (unpaired) electrons. The van der Waals surface area contributed by atoms with Crippen molar-refractivity contribution in [2.45, 2.75) is 18.7 Å². The number of anilines is 1. The maximum absolute atomic E-state index is 12.7. The van der Waals surface area contributed by atoms with Crippen LogP contribution in [0.5, 0.6) is 0 Å². The zero-order chi connectivity index (χ0) is 13.0. The van der Waals surface area contributed by atoms with E-state index in [1.54, 1.807) is 0 Å². The largest absolute Gasteiger partial charge is 0.469 e. The lowest BCUT2D eigenvalue weighted by Crippen LogP contribution is -2.12. The Labute approximate surface area is 102 Å². The Morgan fingerprint density at radius 1 is 1.65 bits per heavy atom. The number of nitrogens with zero attached hydrogens (tertiary/aromatic N) is 1. The van der Waals surface area contributed by atoms with Gasteiger partial charge in [0.1, 0.15) is 0 Å². The first-order valence-electron chi connectivity index (χ1n) is 4.68. The number of carbonyl (C=O) groups is 1. The molecular weight excluding hydrogens is 254 g/mol. The second-order valence-corrected chi connectivity index (χ2v) is 3.52. The Balaban J connectivity index is 3.19. The van der Waals surface area contributed by atoms with Gasteiger partial charge in [-0.15, -0.1) is 11.6 Å². The van der Waals surface area contributed by atoms with E-state index in [2.05, 4.69) is 9.72 Å². The number of pyridine rings is 1. The van der Waals surface area contributed by atoms with Crippen LogP contribution in [0.2, 0.25) is 0 Å². The fourth-order valence-electron chi connectivity index (χ4n) is 1.28. The number of hydrogen-bond donors (Lipinski definition) is 1. The monoisotopic (exact) mass is 264 g/mol. The van der Waals surface area contributed by atoms with Gasteiger partial charge in [-0.2, -0.15) is 0 Å². The van der Waals surface area contributed by atoms with Crippen LogP contribution in [0.25, 0.3) is 0 Å². The molecule has 0 spiro atoms. The van der Waals surface area contributed by atoms with E-state index in [1.807, 2.05) is 0 Å². The summed E-state index contributed by atoms with van der Waals surface area (Å²) in [6.45, 7) is 0. The zero-order valence-electron chi connectivity index (χ0n) is 9.04. The molecule has 0 amide bonds. The van der Waals surface area contributed by atoms with Crippen LogP contribution >= 0.6 is 11.6 Å². The Hall–Kier alpha value is -1.43. The van der Waals surface area contributed by atoms with Gasteiger partial charge in [0.25, 0.3) is 6.43 Å². The third kappa shape index (κ3) is 3.26. The molecule has 0 bridgehead atoms. The minimum atomic E-state index is -2.74. The summed E-state index contributed by atoms with van der Waals surface area (Å²) < 4.78 is 29.8. The maximum atomic E-state index is 12.7. The van der Waals surface area contributed by atoms with Crippen LogP contribution < -0.4 is 5.73 Å². The summed E-state index contributed by atoms with van der Waals surface area (Å²) in [6, 6.07) is 1.13. The van der Waals surface area contributed by atoms with Crippen LogP contribution in [0.1, 0.15) is 23.4 Å². The minimum Gasteiger partial charge on any atom is -0.469 e. The molecule has 1 aromatic heterocycles. The number of rotatable bonds is 4. The van der Waals surface area contributed by atoms with Crippen molar-refractivity contribution >= 4 is 23.3 Å². The van der Waals surface area contributed by atoms with Gasteiger partial charge in [0.2, 0.25) is 0 Å². The molecule has 0 saturated carbocycles. The molecule has 1 aromatic rings. The number of ether oxygens (including phenoxy) is 1. The fraction of sp³-hybridized carbons (Fsp3) is 0.400. The van der Waals surface area contributed by atoms with Gasteiger partial charge >= 0.3 is 5.97 Å². The summed E-state index contributed by atoms with van der Waals surface area (Å²) in [5.41, 5.74) is 5.26. The highest BCUT2D eigenvalue weighted by Crippen LogP contribution is 2.28. The molecule has 1 heterocycles. The standard InChI is InChI=1S/C10H11ClF2N2O2/c1-17-8(16)3-7-9(14)6(10(12)13)2-5(4-11)15-7/h2,10H,3-4,14H2,1H3. The molecule has 94 valence electrons. The number of aromatic nitrogens is 1. The molecule has 0 aliphatic carbocycles. The lowest BCUT2D eigenvalue weighted by molar-refractivity contribution is -0.139. The molecule has 0 saturated heterocycles. The number of nitrogens with two attached hydrogens (primary N) is 1. The van der Waals surface area contributed by atoms with Crippen molar-refractivity contribution in [3.8, 4) is 0 Å². The van der Waals surface area contributed by atoms with Gasteiger partial charge in [-0.25, -0.2) is 8.78 Å². The van der Waals surface area contributed by atoms with E-state index in [0.29, 0.717) is 0 Å². The van der Waals surface area contributed by atoms with Crippen molar-refractivity contribution in [3.05, 3.63) is 23.0 Å². The topological polar surface area (TPSA) is 65.2 Å². The highest BCUT2D eigenvalue weighted by molar-refractivity contribution is 6.16. The van der Waals surface area contributed by atoms with E-state index >= 15 is 0 Å². The summed E-state index contributed by atoms with van der Waals surface area (Å²) >= 11 is 5.53. The Morgan fingerprint density at radius 3 is 2.76 bits per heavy atom. The predicted molar refractivity (Wildman–Crippen MR) is 58.9 cm³/mol. The number of alkyl halides is 3. The van der Waals surface area contributed by atoms with Gasteiger partial charge in [0.15, 0.2) is 0 Å². The second-order valence-electron chi connectivity index (χ2n) is 3.25. The molecule has 17 heavy (non-hydrogen) atoms. The fourth-order valence-corrected chi connectivity index (χ4v) is 1.42. The maximum Gasteiger partial charge on any atom is 0.311 e. The summed E-state index contributed by atoms with van der Waals surface area (Å²) in [5.74, 6) is -0.634. The van der Waals surface area contributed by atoms with Gasteiger partial charge in [0, 0.05) is 5.56 Å². The average Bonchev–Trinajstić information content (AvgIpc) is 2.31. The Kier molecular flexibility index (Phi) is 4.62. The first kappa shape index (κ1) is 13.6.